The molecule has 0 fully saturated rings. The van der Waals surface area contributed by atoms with Gasteiger partial charge in [-0.3, -0.25) is 0 Å². The van der Waals surface area contributed by atoms with E-state index in [1.807, 2.05) is 42.8 Å². The van der Waals surface area contributed by atoms with E-state index in [2.05, 4.69) is 11.1 Å². The molecule has 130 valence electrons. The molecule has 0 aliphatic heterocycles. The van der Waals surface area contributed by atoms with Gasteiger partial charge in [-0.1, -0.05) is 18.2 Å². The molecule has 0 amide bonds. The van der Waals surface area contributed by atoms with E-state index in [0.29, 0.717) is 0 Å². The highest BCUT2D eigenvalue weighted by atomic mass is 32.2. The molecule has 2 aromatic carbocycles. The van der Waals surface area contributed by atoms with Crippen molar-refractivity contribution in [3.63, 3.8) is 0 Å². The summed E-state index contributed by atoms with van der Waals surface area (Å²) in [6, 6.07) is 12.1. The number of methoxy groups -OCH3 is 2. The van der Waals surface area contributed by atoms with E-state index in [1.165, 1.54) is 6.39 Å². The first kappa shape index (κ1) is 17.8. The Balaban J connectivity index is 2.18. The number of aromatic nitrogens is 1. The van der Waals surface area contributed by atoms with Crippen molar-refractivity contribution in [3.8, 4) is 34.1 Å². The van der Waals surface area contributed by atoms with Crippen LogP contribution in [0.25, 0.3) is 22.6 Å². The lowest BCUT2D eigenvalue weighted by atomic mass is 10.0. The molecular weight excluding hydrogens is 354 g/mol. The molecular formula is C19H19NO3S2. The zero-order valence-corrected chi connectivity index (χ0v) is 16.2. The molecule has 3 aromatic rings. The summed E-state index contributed by atoms with van der Waals surface area (Å²) in [4.78, 5) is 6.55. The number of ether oxygens (including phenoxy) is 2. The Labute approximate surface area is 155 Å². The molecule has 1 aromatic heterocycles. The molecule has 3 rings (SSSR count). The van der Waals surface area contributed by atoms with Gasteiger partial charge in [0.05, 0.1) is 19.1 Å². The zero-order chi connectivity index (χ0) is 17.8. The number of benzene rings is 2. The Bertz CT molecular complexity index is 852. The summed E-state index contributed by atoms with van der Waals surface area (Å²) in [5.74, 6) is 2.26. The second-order valence-corrected chi connectivity index (χ2v) is 6.81. The van der Waals surface area contributed by atoms with Gasteiger partial charge >= 0.3 is 0 Å². The third kappa shape index (κ3) is 3.37. The van der Waals surface area contributed by atoms with Crippen molar-refractivity contribution in [3.05, 3.63) is 42.8 Å². The maximum atomic E-state index is 5.74. The normalized spacial score (nSPS) is 10.7. The van der Waals surface area contributed by atoms with Crippen LogP contribution >= 0.6 is 23.5 Å². The highest BCUT2D eigenvalue weighted by molar-refractivity contribution is 7.99. The Morgan fingerprint density at radius 3 is 2.24 bits per heavy atom. The highest BCUT2D eigenvalue weighted by Gasteiger charge is 2.19. The van der Waals surface area contributed by atoms with Gasteiger partial charge in [0, 0.05) is 16.0 Å². The minimum Gasteiger partial charge on any atom is -0.495 e. The summed E-state index contributed by atoms with van der Waals surface area (Å²) < 4.78 is 16.8. The monoisotopic (exact) mass is 373 g/mol. The van der Waals surface area contributed by atoms with E-state index in [1.54, 1.807) is 37.7 Å². The summed E-state index contributed by atoms with van der Waals surface area (Å²) in [5.41, 5.74) is 2.69. The van der Waals surface area contributed by atoms with Crippen molar-refractivity contribution in [2.24, 2.45) is 0 Å². The van der Waals surface area contributed by atoms with Gasteiger partial charge in [0.1, 0.15) is 17.2 Å². The lowest BCUT2D eigenvalue weighted by molar-refractivity contribution is 0.377. The molecule has 1 heterocycles. The van der Waals surface area contributed by atoms with Crippen molar-refractivity contribution in [2.45, 2.75) is 9.79 Å². The van der Waals surface area contributed by atoms with Gasteiger partial charge in [-0.2, -0.15) is 0 Å². The fourth-order valence-corrected chi connectivity index (χ4v) is 3.98. The smallest absolute Gasteiger partial charge is 0.182 e. The van der Waals surface area contributed by atoms with E-state index in [9.17, 15) is 0 Å². The topological polar surface area (TPSA) is 44.5 Å². The Kier molecular flexibility index (Phi) is 5.60. The first-order chi connectivity index (χ1) is 12.2. The quantitative estimate of drug-likeness (QED) is 0.534. The van der Waals surface area contributed by atoms with Gasteiger partial charge in [-0.15, -0.1) is 23.5 Å². The zero-order valence-electron chi connectivity index (χ0n) is 14.5. The van der Waals surface area contributed by atoms with E-state index in [0.717, 1.165) is 43.9 Å². The van der Waals surface area contributed by atoms with Gasteiger partial charge in [-0.05, 0) is 30.7 Å². The van der Waals surface area contributed by atoms with E-state index >= 15 is 0 Å². The Hall–Kier alpha value is -2.05. The number of thioether (sulfide) groups is 2. The summed E-state index contributed by atoms with van der Waals surface area (Å²) in [7, 11) is 3.32. The predicted octanol–water partition coefficient (Wildman–Crippen LogP) is 5.47. The van der Waals surface area contributed by atoms with Crippen LogP contribution in [0.1, 0.15) is 0 Å². The summed E-state index contributed by atoms with van der Waals surface area (Å²) in [5, 5.41) is 0. The van der Waals surface area contributed by atoms with Crippen LogP contribution in [0.3, 0.4) is 0 Å². The molecule has 0 bridgehead atoms. The molecule has 0 atom stereocenters. The van der Waals surface area contributed by atoms with Crippen LogP contribution in [-0.2, 0) is 0 Å². The molecule has 0 unspecified atom stereocenters. The summed E-state index contributed by atoms with van der Waals surface area (Å²) >= 11 is 3.27. The van der Waals surface area contributed by atoms with Gasteiger partial charge in [0.2, 0.25) is 0 Å². The molecule has 25 heavy (non-hydrogen) atoms. The standard InChI is InChI=1S/C19H19NO3S2/c1-21-14-9-12(10-15(22-2)19(14)25-4)17-18(23-11-20-17)13-7-5-6-8-16(13)24-3/h5-11H,1-4H3. The van der Waals surface area contributed by atoms with Crippen LogP contribution < -0.4 is 9.47 Å². The van der Waals surface area contributed by atoms with E-state index in [-0.39, 0.29) is 0 Å². The summed E-state index contributed by atoms with van der Waals surface area (Å²) in [6.45, 7) is 0. The van der Waals surface area contributed by atoms with Crippen LogP contribution in [0.2, 0.25) is 0 Å². The van der Waals surface area contributed by atoms with Gasteiger partial charge in [0.25, 0.3) is 0 Å². The van der Waals surface area contributed by atoms with Gasteiger partial charge in [-0.25, -0.2) is 4.98 Å². The van der Waals surface area contributed by atoms with Crippen molar-refractivity contribution in [1.29, 1.82) is 0 Å². The Morgan fingerprint density at radius 1 is 0.960 bits per heavy atom. The fourth-order valence-electron chi connectivity index (χ4n) is 2.69. The molecule has 0 aliphatic carbocycles. The Morgan fingerprint density at radius 2 is 1.64 bits per heavy atom. The third-order valence-corrected chi connectivity index (χ3v) is 5.46. The molecule has 0 saturated heterocycles. The third-order valence-electron chi connectivity index (χ3n) is 3.86. The highest BCUT2D eigenvalue weighted by Crippen LogP contribution is 2.43. The average Bonchev–Trinajstić information content (AvgIpc) is 3.16. The number of hydrogen-bond donors (Lipinski definition) is 0. The molecule has 0 saturated carbocycles. The van der Waals surface area contributed by atoms with Gasteiger partial charge in [0.15, 0.2) is 12.2 Å². The minimum absolute atomic E-state index is 0.742. The average molecular weight is 373 g/mol. The van der Waals surface area contributed by atoms with Crippen LogP contribution in [0.5, 0.6) is 11.5 Å². The number of rotatable bonds is 6. The van der Waals surface area contributed by atoms with Crippen LogP contribution in [-0.4, -0.2) is 31.7 Å². The molecule has 0 radical (unpaired) electrons. The predicted molar refractivity (Wildman–Crippen MR) is 104 cm³/mol. The first-order valence-electron chi connectivity index (χ1n) is 7.60. The molecule has 0 aliphatic rings. The number of nitrogens with zero attached hydrogens (tertiary/aromatic N) is 1. The fraction of sp³-hybridized carbons (Fsp3) is 0.211. The lowest BCUT2D eigenvalue weighted by Crippen LogP contribution is -1.94. The van der Waals surface area contributed by atoms with Gasteiger partial charge < -0.3 is 13.9 Å². The SMILES string of the molecule is COc1cc(-c2ncoc2-c2ccccc2SC)cc(OC)c1SC. The van der Waals surface area contributed by atoms with Crippen LogP contribution in [0.4, 0.5) is 0 Å². The molecule has 0 N–H and O–H groups in total. The van der Waals surface area contributed by atoms with E-state index in [4.69, 9.17) is 13.9 Å². The van der Waals surface area contributed by atoms with Crippen LogP contribution in [0.15, 0.2) is 57.0 Å². The van der Waals surface area contributed by atoms with E-state index < -0.39 is 0 Å². The van der Waals surface area contributed by atoms with Crippen LogP contribution in [0, 0.1) is 0 Å². The molecule has 0 spiro atoms. The van der Waals surface area contributed by atoms with Crippen molar-refractivity contribution >= 4 is 23.5 Å². The molecule has 6 heteroatoms. The second kappa shape index (κ2) is 7.89. The second-order valence-electron chi connectivity index (χ2n) is 5.14. The minimum atomic E-state index is 0.742. The van der Waals surface area contributed by atoms with Crippen molar-refractivity contribution in [2.75, 3.05) is 26.7 Å². The lowest BCUT2D eigenvalue weighted by Gasteiger charge is -2.13. The summed E-state index contributed by atoms with van der Waals surface area (Å²) in [6.07, 6.45) is 5.52. The maximum absolute atomic E-state index is 5.74. The maximum Gasteiger partial charge on any atom is 0.182 e. The van der Waals surface area contributed by atoms with Crippen molar-refractivity contribution < 1.29 is 13.9 Å². The van der Waals surface area contributed by atoms with Crippen molar-refractivity contribution in [1.82, 2.24) is 4.98 Å². The molecule has 4 nitrogen and oxygen atoms in total. The largest absolute Gasteiger partial charge is 0.495 e. The number of oxazole rings is 1. The number of hydrogen-bond acceptors (Lipinski definition) is 6. The first-order valence-corrected chi connectivity index (χ1v) is 10.1.